The van der Waals surface area contributed by atoms with Crippen molar-refractivity contribution in [2.75, 3.05) is 13.7 Å². The van der Waals surface area contributed by atoms with Crippen LogP contribution in [0, 0.1) is 5.82 Å². The first-order chi connectivity index (χ1) is 16.4. The second-order valence-electron chi connectivity index (χ2n) is 8.46. The number of amides is 1. The molecule has 182 valence electrons. The minimum absolute atomic E-state index is 0.0349. The van der Waals surface area contributed by atoms with E-state index in [0.717, 1.165) is 25.7 Å². The van der Waals surface area contributed by atoms with Crippen molar-refractivity contribution in [3.05, 3.63) is 58.1 Å². The Morgan fingerprint density at radius 2 is 1.82 bits per heavy atom. The Kier molecular flexibility index (Phi) is 8.68. The largest absolute Gasteiger partial charge is 0.497 e. The highest BCUT2D eigenvalue weighted by Crippen LogP contribution is 2.36. The fraction of sp³-hybridized carbons (Fsp3) is 0.407. The quantitative estimate of drug-likeness (QED) is 0.358. The molecule has 0 saturated carbocycles. The van der Waals surface area contributed by atoms with Crippen LogP contribution in [0.15, 0.2) is 41.2 Å². The highest BCUT2D eigenvalue weighted by molar-refractivity contribution is 5.89. The smallest absolute Gasteiger partial charge is 0.217 e. The summed E-state index contributed by atoms with van der Waals surface area (Å²) in [4.78, 5) is 28.8. The zero-order valence-corrected chi connectivity index (χ0v) is 20.1. The highest BCUT2D eigenvalue weighted by Gasteiger charge is 2.24. The van der Waals surface area contributed by atoms with Crippen molar-refractivity contribution >= 4 is 16.8 Å². The molecule has 6 nitrogen and oxygen atoms in total. The molecule has 7 heteroatoms. The summed E-state index contributed by atoms with van der Waals surface area (Å²) in [5.41, 5.74) is 7.10. The molecule has 1 aromatic heterocycles. The molecule has 2 aromatic carbocycles. The monoisotopic (exact) mass is 468 g/mol. The Morgan fingerprint density at radius 3 is 2.44 bits per heavy atom. The normalized spacial score (nSPS) is 12.0. The van der Waals surface area contributed by atoms with Gasteiger partial charge in [-0.3, -0.25) is 9.59 Å². The molecule has 0 bridgehead atoms. The van der Waals surface area contributed by atoms with Crippen molar-refractivity contribution in [2.45, 2.75) is 58.3 Å². The van der Waals surface area contributed by atoms with Crippen LogP contribution < -0.4 is 20.6 Å². The molecule has 1 unspecified atom stereocenters. The Bertz CT molecular complexity index is 1190. The van der Waals surface area contributed by atoms with Crippen LogP contribution in [0.1, 0.15) is 64.0 Å². The Balaban J connectivity index is 2.32. The first-order valence-electron chi connectivity index (χ1n) is 11.8. The number of benzene rings is 2. The summed E-state index contributed by atoms with van der Waals surface area (Å²) >= 11 is 0. The molecule has 0 spiro atoms. The van der Waals surface area contributed by atoms with E-state index in [9.17, 15) is 14.0 Å². The van der Waals surface area contributed by atoms with Gasteiger partial charge in [-0.2, -0.15) is 0 Å². The molecular formula is C27H33FN2O4. The van der Waals surface area contributed by atoms with E-state index >= 15 is 0 Å². The van der Waals surface area contributed by atoms with Crippen LogP contribution in [0.3, 0.4) is 0 Å². The van der Waals surface area contributed by atoms with Gasteiger partial charge in [-0.25, -0.2) is 4.39 Å². The molecule has 0 fully saturated rings. The Labute approximate surface area is 199 Å². The summed E-state index contributed by atoms with van der Waals surface area (Å²) in [5.74, 6) is -0.0523. The molecule has 34 heavy (non-hydrogen) atoms. The van der Waals surface area contributed by atoms with Crippen LogP contribution in [-0.2, 0) is 4.79 Å². The third-order valence-electron chi connectivity index (χ3n) is 5.99. The molecular weight excluding hydrogens is 435 g/mol. The molecule has 1 heterocycles. The predicted molar refractivity (Wildman–Crippen MR) is 133 cm³/mol. The topological polar surface area (TPSA) is 94.4 Å². The second-order valence-corrected chi connectivity index (χ2v) is 8.46. The molecule has 0 radical (unpaired) electrons. The predicted octanol–water partition coefficient (Wildman–Crippen LogP) is 5.67. The number of methoxy groups -OCH3 is 1. The lowest BCUT2D eigenvalue weighted by molar-refractivity contribution is -0.118. The van der Waals surface area contributed by atoms with E-state index in [1.54, 1.807) is 37.4 Å². The van der Waals surface area contributed by atoms with E-state index in [2.05, 4.69) is 11.9 Å². The van der Waals surface area contributed by atoms with E-state index in [4.69, 9.17) is 15.2 Å². The van der Waals surface area contributed by atoms with Gasteiger partial charge in [0.2, 0.25) is 11.3 Å². The van der Waals surface area contributed by atoms with Crippen molar-refractivity contribution in [3.63, 3.8) is 0 Å². The average Bonchev–Trinajstić information content (AvgIpc) is 2.83. The van der Waals surface area contributed by atoms with Gasteiger partial charge in [-0.1, -0.05) is 38.8 Å². The number of aromatic nitrogens is 1. The van der Waals surface area contributed by atoms with Gasteiger partial charge in [0.15, 0.2) is 0 Å². The van der Waals surface area contributed by atoms with E-state index in [1.807, 2.05) is 6.92 Å². The van der Waals surface area contributed by atoms with Gasteiger partial charge >= 0.3 is 0 Å². The van der Waals surface area contributed by atoms with E-state index in [1.165, 1.54) is 6.07 Å². The number of ether oxygens (including phenoxy) is 2. The van der Waals surface area contributed by atoms with E-state index in [-0.39, 0.29) is 17.7 Å². The van der Waals surface area contributed by atoms with Crippen molar-refractivity contribution < 1.29 is 18.7 Å². The summed E-state index contributed by atoms with van der Waals surface area (Å²) < 4.78 is 26.1. The number of H-pyrrole nitrogens is 1. The van der Waals surface area contributed by atoms with Gasteiger partial charge in [-0.15, -0.1) is 0 Å². The molecule has 1 amide bonds. The van der Waals surface area contributed by atoms with Crippen LogP contribution in [-0.4, -0.2) is 24.6 Å². The molecule has 1 atom stereocenters. The molecule has 0 aliphatic heterocycles. The van der Waals surface area contributed by atoms with Gasteiger partial charge in [-0.05, 0) is 49.1 Å². The minimum Gasteiger partial charge on any atom is -0.497 e. The van der Waals surface area contributed by atoms with Gasteiger partial charge in [0, 0.05) is 23.6 Å². The van der Waals surface area contributed by atoms with Gasteiger partial charge < -0.3 is 20.2 Å². The van der Waals surface area contributed by atoms with Crippen molar-refractivity contribution in [1.82, 2.24) is 4.98 Å². The van der Waals surface area contributed by atoms with Crippen molar-refractivity contribution in [1.29, 1.82) is 0 Å². The van der Waals surface area contributed by atoms with Gasteiger partial charge in [0.1, 0.15) is 17.3 Å². The molecule has 3 N–H and O–H groups in total. The number of fused-ring (bicyclic) bond motifs is 1. The summed E-state index contributed by atoms with van der Waals surface area (Å²) in [6.07, 6.45) is 4.09. The Morgan fingerprint density at radius 1 is 1.09 bits per heavy atom. The first-order valence-corrected chi connectivity index (χ1v) is 11.8. The number of hydrogen-bond donors (Lipinski definition) is 2. The van der Waals surface area contributed by atoms with Crippen molar-refractivity contribution in [3.8, 4) is 22.6 Å². The molecule has 3 rings (SSSR count). The fourth-order valence-corrected chi connectivity index (χ4v) is 4.23. The number of pyridine rings is 1. The number of unbranched alkanes of at least 4 members (excludes halogenated alkanes) is 1. The second kappa shape index (κ2) is 11.7. The fourth-order valence-electron chi connectivity index (χ4n) is 4.23. The lowest BCUT2D eigenvalue weighted by atomic mass is 9.87. The Hall–Kier alpha value is -3.35. The number of rotatable bonds is 12. The van der Waals surface area contributed by atoms with Gasteiger partial charge in [0.05, 0.1) is 24.6 Å². The maximum absolute atomic E-state index is 15.0. The zero-order chi connectivity index (χ0) is 24.7. The van der Waals surface area contributed by atoms with Crippen LogP contribution in [0.25, 0.3) is 22.0 Å². The summed E-state index contributed by atoms with van der Waals surface area (Å²) in [5, 5.41) is -0.0349. The number of carbonyl (C=O) groups excluding carboxylic acids is 1. The van der Waals surface area contributed by atoms with E-state index < -0.39 is 17.2 Å². The lowest BCUT2D eigenvalue weighted by Gasteiger charge is -2.22. The molecule has 0 saturated heterocycles. The standard InChI is InChI=1S/C27H33FN2O4/c1-4-6-7-18(10-15-22(29)31)25-23(17-8-11-19(33-3)12-9-17)27(32)24-20(28)13-14-21(26(24)30-25)34-16-5-2/h8-9,11-14,18H,4-7,10,15-16H2,1-3H3,(H2,29,31)(H,30,32). The van der Waals surface area contributed by atoms with E-state index in [0.29, 0.717) is 46.9 Å². The number of nitrogens with one attached hydrogen (secondary N) is 1. The van der Waals surface area contributed by atoms with Crippen LogP contribution in [0.4, 0.5) is 4.39 Å². The van der Waals surface area contributed by atoms with Crippen molar-refractivity contribution in [2.24, 2.45) is 5.73 Å². The third-order valence-corrected chi connectivity index (χ3v) is 5.99. The number of aromatic amines is 1. The highest BCUT2D eigenvalue weighted by atomic mass is 19.1. The summed E-state index contributed by atoms with van der Waals surface area (Å²) in [6.45, 7) is 4.51. The van der Waals surface area contributed by atoms with Crippen LogP contribution in [0.2, 0.25) is 0 Å². The minimum atomic E-state index is -0.608. The third kappa shape index (κ3) is 5.58. The maximum atomic E-state index is 15.0. The number of halogens is 1. The first kappa shape index (κ1) is 25.3. The van der Waals surface area contributed by atoms with Crippen LogP contribution >= 0.6 is 0 Å². The maximum Gasteiger partial charge on any atom is 0.217 e. The molecule has 0 aliphatic rings. The SMILES string of the molecule is CCCCC(CCC(N)=O)c1[nH]c2c(OCCC)ccc(F)c2c(=O)c1-c1ccc(OC)cc1. The van der Waals surface area contributed by atoms with Crippen LogP contribution in [0.5, 0.6) is 11.5 Å². The molecule has 0 aliphatic carbocycles. The number of primary amides is 1. The molecule has 3 aromatic rings. The summed E-state index contributed by atoms with van der Waals surface area (Å²) in [7, 11) is 1.57. The number of hydrogen-bond acceptors (Lipinski definition) is 4. The number of carbonyl (C=O) groups is 1. The number of nitrogens with two attached hydrogens (primary N) is 1. The lowest BCUT2D eigenvalue weighted by Crippen LogP contribution is -2.18. The zero-order valence-electron chi connectivity index (χ0n) is 20.1. The average molecular weight is 469 g/mol. The van der Waals surface area contributed by atoms with Gasteiger partial charge in [0.25, 0.3) is 0 Å². The summed E-state index contributed by atoms with van der Waals surface area (Å²) in [6, 6.07) is 9.93.